The van der Waals surface area contributed by atoms with Gasteiger partial charge in [-0.1, -0.05) is 74.5 Å². The van der Waals surface area contributed by atoms with Crippen molar-refractivity contribution in [2.45, 2.75) is 25.8 Å². The SMILES string of the molecule is CC(C)(C)[Si@@H](c1ccccc1)c1ccccc1O. The van der Waals surface area contributed by atoms with Gasteiger partial charge in [-0.25, -0.2) is 0 Å². The highest BCUT2D eigenvalue weighted by Gasteiger charge is 2.31. The molecule has 0 unspecified atom stereocenters. The summed E-state index contributed by atoms with van der Waals surface area (Å²) < 4.78 is 0. The Morgan fingerprint density at radius 3 is 1.94 bits per heavy atom. The third-order valence-corrected chi connectivity index (χ3v) is 7.14. The topological polar surface area (TPSA) is 20.2 Å². The summed E-state index contributed by atoms with van der Waals surface area (Å²) in [4.78, 5) is 0. The molecule has 1 N–H and O–H groups in total. The van der Waals surface area contributed by atoms with Gasteiger partial charge in [-0.2, -0.15) is 0 Å². The van der Waals surface area contributed by atoms with Gasteiger partial charge in [0.1, 0.15) is 14.5 Å². The second-order valence-electron chi connectivity index (χ2n) is 5.77. The van der Waals surface area contributed by atoms with Gasteiger partial charge in [0.25, 0.3) is 0 Å². The Morgan fingerprint density at radius 2 is 1.39 bits per heavy atom. The molecule has 0 aliphatic carbocycles. The van der Waals surface area contributed by atoms with Crippen LogP contribution in [0.25, 0.3) is 0 Å². The van der Waals surface area contributed by atoms with Crippen LogP contribution >= 0.6 is 0 Å². The van der Waals surface area contributed by atoms with E-state index in [0.29, 0.717) is 5.75 Å². The molecule has 0 bridgehead atoms. The van der Waals surface area contributed by atoms with Gasteiger partial charge in [0.05, 0.1) is 0 Å². The molecule has 94 valence electrons. The number of para-hydroxylation sites is 1. The highest BCUT2D eigenvalue weighted by molar-refractivity contribution is 6.88. The summed E-state index contributed by atoms with van der Waals surface area (Å²) in [6.45, 7) is 6.80. The Balaban J connectivity index is 2.55. The Bertz CT molecular complexity index is 514. The zero-order chi connectivity index (χ0) is 13.2. The van der Waals surface area contributed by atoms with Crippen molar-refractivity contribution in [1.29, 1.82) is 0 Å². The third kappa shape index (κ3) is 2.65. The lowest BCUT2D eigenvalue weighted by atomic mass is 10.2. The minimum Gasteiger partial charge on any atom is -0.508 e. The normalized spacial score (nSPS) is 13.3. The Labute approximate surface area is 111 Å². The quantitative estimate of drug-likeness (QED) is 0.819. The monoisotopic (exact) mass is 256 g/mol. The summed E-state index contributed by atoms with van der Waals surface area (Å²) >= 11 is 0. The molecule has 0 saturated carbocycles. The van der Waals surface area contributed by atoms with Gasteiger partial charge in [-0.05, 0) is 16.3 Å². The molecular weight excluding hydrogens is 236 g/mol. The van der Waals surface area contributed by atoms with Crippen LogP contribution in [0.15, 0.2) is 54.6 Å². The molecule has 0 fully saturated rings. The fraction of sp³-hybridized carbons (Fsp3) is 0.250. The summed E-state index contributed by atoms with van der Waals surface area (Å²) in [5.41, 5.74) is 0. The van der Waals surface area contributed by atoms with Crippen LogP contribution in [0.1, 0.15) is 20.8 Å². The van der Waals surface area contributed by atoms with E-state index in [0.717, 1.165) is 5.19 Å². The van der Waals surface area contributed by atoms with E-state index < -0.39 is 8.80 Å². The lowest BCUT2D eigenvalue weighted by Crippen LogP contribution is -2.48. The molecule has 2 aromatic rings. The standard InChI is InChI=1S/C16H20OSi/c1-16(2,3)18(13-9-5-4-6-10-13)15-12-8-7-11-14(15)17/h4-12,17-18H,1-3H3/t18-/m0/s1. The van der Waals surface area contributed by atoms with E-state index in [4.69, 9.17) is 0 Å². The molecule has 1 atom stereocenters. The van der Waals surface area contributed by atoms with Crippen LogP contribution in [0, 0.1) is 0 Å². The summed E-state index contributed by atoms with van der Waals surface area (Å²) in [7, 11) is -1.43. The molecule has 2 heteroatoms. The number of rotatable bonds is 2. The average molecular weight is 256 g/mol. The molecular formula is C16H20OSi. The highest BCUT2D eigenvalue weighted by atomic mass is 28.3. The number of hydrogen-bond acceptors (Lipinski definition) is 1. The van der Waals surface area contributed by atoms with Crippen molar-refractivity contribution in [3.8, 4) is 5.75 Å². The first-order chi connectivity index (χ1) is 8.50. The predicted molar refractivity (Wildman–Crippen MR) is 80.7 cm³/mol. The van der Waals surface area contributed by atoms with E-state index >= 15 is 0 Å². The molecule has 0 aromatic heterocycles. The Morgan fingerprint density at radius 1 is 0.833 bits per heavy atom. The molecule has 18 heavy (non-hydrogen) atoms. The summed E-state index contributed by atoms with van der Waals surface area (Å²) in [6, 6.07) is 18.4. The van der Waals surface area contributed by atoms with Gasteiger partial charge in [-0.15, -0.1) is 0 Å². The fourth-order valence-corrected chi connectivity index (χ4v) is 6.12. The second-order valence-corrected chi connectivity index (χ2v) is 9.66. The van der Waals surface area contributed by atoms with Gasteiger partial charge in [0.2, 0.25) is 0 Å². The van der Waals surface area contributed by atoms with E-state index in [1.54, 1.807) is 6.07 Å². The summed E-state index contributed by atoms with van der Waals surface area (Å²) in [5.74, 6) is 0.438. The third-order valence-electron chi connectivity index (χ3n) is 3.25. The predicted octanol–water partition coefficient (Wildman–Crippen LogP) is 2.53. The minimum absolute atomic E-state index is 0.195. The maximum Gasteiger partial charge on any atom is 0.114 e. The molecule has 0 aliphatic heterocycles. The maximum atomic E-state index is 10.1. The zero-order valence-electron chi connectivity index (χ0n) is 11.2. The molecule has 2 aromatic carbocycles. The van der Waals surface area contributed by atoms with Crippen molar-refractivity contribution in [3.05, 3.63) is 54.6 Å². The van der Waals surface area contributed by atoms with Crippen LogP contribution in [0.5, 0.6) is 5.75 Å². The molecule has 0 amide bonds. The van der Waals surface area contributed by atoms with Crippen molar-refractivity contribution in [2.24, 2.45) is 0 Å². The van der Waals surface area contributed by atoms with Crippen molar-refractivity contribution in [2.75, 3.05) is 0 Å². The van der Waals surface area contributed by atoms with Crippen LogP contribution in [0.4, 0.5) is 0 Å². The molecule has 0 radical (unpaired) electrons. The van der Waals surface area contributed by atoms with Gasteiger partial charge < -0.3 is 5.11 Å². The first kappa shape index (κ1) is 12.9. The minimum atomic E-state index is -1.43. The van der Waals surface area contributed by atoms with Crippen LogP contribution in [0.2, 0.25) is 5.04 Å². The Kier molecular flexibility index (Phi) is 3.57. The van der Waals surface area contributed by atoms with E-state index in [1.165, 1.54) is 5.19 Å². The van der Waals surface area contributed by atoms with E-state index in [-0.39, 0.29) is 5.04 Å². The average Bonchev–Trinajstić information content (AvgIpc) is 2.32. The lowest BCUT2D eigenvalue weighted by Gasteiger charge is -2.30. The molecule has 0 saturated heterocycles. The summed E-state index contributed by atoms with van der Waals surface area (Å²) in [5, 5.41) is 12.9. The smallest absolute Gasteiger partial charge is 0.114 e. The highest BCUT2D eigenvalue weighted by Crippen LogP contribution is 2.28. The first-order valence-corrected chi connectivity index (χ1v) is 8.06. The van der Waals surface area contributed by atoms with Crippen LogP contribution in [0.3, 0.4) is 0 Å². The Hall–Kier alpha value is -1.54. The molecule has 0 heterocycles. The van der Waals surface area contributed by atoms with E-state index in [1.807, 2.05) is 18.2 Å². The second kappa shape index (κ2) is 4.98. The van der Waals surface area contributed by atoms with E-state index in [9.17, 15) is 5.11 Å². The van der Waals surface area contributed by atoms with Crippen LogP contribution < -0.4 is 10.4 Å². The lowest BCUT2D eigenvalue weighted by molar-refractivity contribution is 0.479. The summed E-state index contributed by atoms with van der Waals surface area (Å²) in [6.07, 6.45) is 0. The molecule has 0 spiro atoms. The first-order valence-electron chi connectivity index (χ1n) is 6.33. The molecule has 2 rings (SSSR count). The van der Waals surface area contributed by atoms with Gasteiger partial charge in [-0.3, -0.25) is 0 Å². The number of benzene rings is 2. The van der Waals surface area contributed by atoms with Gasteiger partial charge >= 0.3 is 0 Å². The number of phenols is 1. The largest absolute Gasteiger partial charge is 0.508 e. The molecule has 0 aliphatic rings. The zero-order valence-corrected chi connectivity index (χ0v) is 12.4. The van der Waals surface area contributed by atoms with Crippen molar-refractivity contribution in [3.63, 3.8) is 0 Å². The molecule has 1 nitrogen and oxygen atoms in total. The number of hydrogen-bond donors (Lipinski definition) is 1. The van der Waals surface area contributed by atoms with Crippen molar-refractivity contribution < 1.29 is 5.11 Å². The van der Waals surface area contributed by atoms with Crippen LogP contribution in [-0.2, 0) is 0 Å². The van der Waals surface area contributed by atoms with Crippen molar-refractivity contribution >= 4 is 19.2 Å². The van der Waals surface area contributed by atoms with Crippen molar-refractivity contribution in [1.82, 2.24) is 0 Å². The van der Waals surface area contributed by atoms with Gasteiger partial charge in [0.15, 0.2) is 0 Å². The number of phenolic OH excluding ortho intramolecular Hbond substituents is 1. The van der Waals surface area contributed by atoms with E-state index in [2.05, 4.69) is 51.1 Å². The fourth-order valence-electron chi connectivity index (χ4n) is 2.52. The van der Waals surface area contributed by atoms with Gasteiger partial charge in [0, 0.05) is 0 Å². The number of aromatic hydroxyl groups is 1. The maximum absolute atomic E-state index is 10.1. The van der Waals surface area contributed by atoms with Crippen LogP contribution in [-0.4, -0.2) is 13.9 Å².